The smallest absolute Gasteiger partial charge is 0.395 e. The first kappa shape index (κ1) is 18.2. The number of aliphatic hydroxyl groups excluding tert-OH is 1. The summed E-state index contributed by atoms with van der Waals surface area (Å²) in [6.07, 6.45) is 1.83. The molecule has 8 heteroatoms. The highest BCUT2D eigenvalue weighted by molar-refractivity contribution is 8.00. The van der Waals surface area contributed by atoms with Crippen molar-refractivity contribution in [2.75, 3.05) is 12.9 Å². The number of halogens is 3. The molecule has 0 aromatic heterocycles. The van der Waals surface area contributed by atoms with Gasteiger partial charge in [-0.05, 0) is 49.2 Å². The van der Waals surface area contributed by atoms with Gasteiger partial charge in [-0.1, -0.05) is 0 Å². The van der Waals surface area contributed by atoms with Gasteiger partial charge in [-0.15, -0.1) is 0 Å². The number of carbonyl (C=O) groups excluding carboxylic acids is 1. The standard InChI is InChI=1S/C13H16F3NO2S2/c1-8(11(7-18)20-2)17-12(19)9-3-5-10(6-4-9)21-13(14,15)16/h3-6,8,11,18H,7H2,1-2H3,(H,17,19). The van der Waals surface area contributed by atoms with Crippen molar-refractivity contribution in [2.24, 2.45) is 0 Å². The number of amides is 1. The highest BCUT2D eigenvalue weighted by atomic mass is 32.2. The molecule has 1 rings (SSSR count). The van der Waals surface area contributed by atoms with Crippen LogP contribution in [-0.4, -0.2) is 40.7 Å². The average molecular weight is 339 g/mol. The zero-order valence-corrected chi connectivity index (χ0v) is 13.1. The molecule has 2 N–H and O–H groups in total. The molecule has 3 nitrogen and oxygen atoms in total. The van der Waals surface area contributed by atoms with Gasteiger partial charge in [0.15, 0.2) is 0 Å². The van der Waals surface area contributed by atoms with Gasteiger partial charge in [0.2, 0.25) is 0 Å². The van der Waals surface area contributed by atoms with E-state index in [0.29, 0.717) is 0 Å². The molecule has 1 amide bonds. The predicted molar refractivity (Wildman–Crippen MR) is 79.7 cm³/mol. The van der Waals surface area contributed by atoms with E-state index in [9.17, 15) is 18.0 Å². The van der Waals surface area contributed by atoms with E-state index in [-0.39, 0.29) is 46.0 Å². The van der Waals surface area contributed by atoms with E-state index in [1.165, 1.54) is 36.0 Å². The molecule has 0 saturated heterocycles. The molecule has 2 unspecified atom stereocenters. The Morgan fingerprint density at radius 2 is 1.90 bits per heavy atom. The van der Waals surface area contributed by atoms with Crippen molar-refractivity contribution in [1.82, 2.24) is 5.32 Å². The number of hydrogen-bond acceptors (Lipinski definition) is 4. The Hall–Kier alpha value is -0.860. The van der Waals surface area contributed by atoms with Gasteiger partial charge in [0, 0.05) is 21.8 Å². The molecule has 1 aromatic carbocycles. The largest absolute Gasteiger partial charge is 0.446 e. The van der Waals surface area contributed by atoms with Crippen molar-refractivity contribution in [3.05, 3.63) is 29.8 Å². The summed E-state index contributed by atoms with van der Waals surface area (Å²) >= 11 is 1.21. The van der Waals surface area contributed by atoms with Gasteiger partial charge in [0.05, 0.1) is 6.61 Å². The zero-order valence-electron chi connectivity index (χ0n) is 11.5. The molecule has 1 aromatic rings. The van der Waals surface area contributed by atoms with E-state index in [2.05, 4.69) is 5.32 Å². The third kappa shape index (κ3) is 6.19. The van der Waals surface area contributed by atoms with Crippen LogP contribution in [0.1, 0.15) is 17.3 Å². The van der Waals surface area contributed by atoms with E-state index in [1.807, 2.05) is 6.26 Å². The summed E-state index contributed by atoms with van der Waals surface area (Å²) < 4.78 is 36.6. The summed E-state index contributed by atoms with van der Waals surface area (Å²) in [5.74, 6) is -0.376. The van der Waals surface area contributed by atoms with Gasteiger partial charge >= 0.3 is 5.51 Å². The molecule has 0 saturated carbocycles. The molecule has 0 aliphatic heterocycles. The lowest BCUT2D eigenvalue weighted by Crippen LogP contribution is -2.41. The molecule has 0 fully saturated rings. The summed E-state index contributed by atoms with van der Waals surface area (Å²) in [7, 11) is 0. The minimum atomic E-state index is -4.34. The number of thioether (sulfide) groups is 2. The number of aliphatic hydroxyl groups is 1. The molecule has 21 heavy (non-hydrogen) atoms. The minimum Gasteiger partial charge on any atom is -0.395 e. The van der Waals surface area contributed by atoms with Crippen LogP contribution in [0.5, 0.6) is 0 Å². The Balaban J connectivity index is 2.67. The number of alkyl halides is 3. The second-order valence-electron chi connectivity index (χ2n) is 4.29. The number of rotatable bonds is 6. The monoisotopic (exact) mass is 339 g/mol. The minimum absolute atomic E-state index is 0.0319. The Morgan fingerprint density at radius 1 is 1.33 bits per heavy atom. The van der Waals surface area contributed by atoms with Gasteiger partial charge in [-0.3, -0.25) is 4.79 Å². The summed E-state index contributed by atoms with van der Waals surface area (Å²) in [6, 6.07) is 4.97. The van der Waals surface area contributed by atoms with E-state index in [4.69, 9.17) is 5.11 Å². The van der Waals surface area contributed by atoms with Crippen LogP contribution in [0, 0.1) is 0 Å². The predicted octanol–water partition coefficient (Wildman–Crippen LogP) is 3.14. The van der Waals surface area contributed by atoms with Crippen LogP contribution in [0.2, 0.25) is 0 Å². The van der Waals surface area contributed by atoms with Gasteiger partial charge in [-0.2, -0.15) is 24.9 Å². The Kier molecular flexibility index (Phi) is 6.89. The van der Waals surface area contributed by atoms with E-state index < -0.39 is 5.51 Å². The molecule has 0 heterocycles. The lowest BCUT2D eigenvalue weighted by Gasteiger charge is -2.21. The first-order chi connectivity index (χ1) is 9.76. The van der Waals surface area contributed by atoms with Crippen LogP contribution in [0.25, 0.3) is 0 Å². The van der Waals surface area contributed by atoms with E-state index >= 15 is 0 Å². The van der Waals surface area contributed by atoms with Crippen molar-refractivity contribution in [1.29, 1.82) is 0 Å². The molecular weight excluding hydrogens is 323 g/mol. The normalized spacial score (nSPS) is 14.6. The Morgan fingerprint density at radius 3 is 2.33 bits per heavy atom. The first-order valence-electron chi connectivity index (χ1n) is 6.07. The molecule has 0 bridgehead atoms. The number of nitrogens with one attached hydrogen (secondary N) is 1. The fourth-order valence-corrected chi connectivity index (χ4v) is 2.79. The van der Waals surface area contributed by atoms with Gasteiger partial charge in [0.1, 0.15) is 0 Å². The third-order valence-electron chi connectivity index (χ3n) is 2.75. The van der Waals surface area contributed by atoms with Crippen molar-refractivity contribution < 1.29 is 23.1 Å². The molecule has 0 radical (unpaired) electrons. The topological polar surface area (TPSA) is 49.3 Å². The van der Waals surface area contributed by atoms with Crippen molar-refractivity contribution >= 4 is 29.4 Å². The van der Waals surface area contributed by atoms with Crippen LogP contribution in [0.4, 0.5) is 13.2 Å². The summed E-state index contributed by atoms with van der Waals surface area (Å²) in [5.41, 5.74) is -4.06. The number of hydrogen-bond donors (Lipinski definition) is 2. The Labute approximate surface area is 129 Å². The molecule has 2 atom stereocenters. The van der Waals surface area contributed by atoms with Gasteiger partial charge in [0.25, 0.3) is 5.91 Å². The summed E-state index contributed by atoms with van der Waals surface area (Å²) in [5, 5.41) is 11.7. The SMILES string of the molecule is CSC(CO)C(C)NC(=O)c1ccc(SC(F)(F)F)cc1. The third-order valence-corrected chi connectivity index (χ3v) is 4.65. The molecular formula is C13H16F3NO2S2. The molecule has 0 aliphatic carbocycles. The fraction of sp³-hybridized carbons (Fsp3) is 0.462. The van der Waals surface area contributed by atoms with Crippen LogP contribution in [0.15, 0.2) is 29.2 Å². The molecule has 0 aliphatic rings. The Bertz CT molecular complexity index is 461. The molecule has 118 valence electrons. The van der Waals surface area contributed by atoms with E-state index in [1.54, 1.807) is 6.92 Å². The maximum atomic E-state index is 12.2. The average Bonchev–Trinajstić information content (AvgIpc) is 2.39. The fourth-order valence-electron chi connectivity index (χ4n) is 1.63. The van der Waals surface area contributed by atoms with Crippen LogP contribution in [-0.2, 0) is 0 Å². The number of benzene rings is 1. The maximum absolute atomic E-state index is 12.2. The quantitative estimate of drug-likeness (QED) is 0.782. The van der Waals surface area contributed by atoms with Crippen molar-refractivity contribution in [3.63, 3.8) is 0 Å². The van der Waals surface area contributed by atoms with Crippen LogP contribution >= 0.6 is 23.5 Å². The van der Waals surface area contributed by atoms with Crippen molar-refractivity contribution in [2.45, 2.75) is 28.6 Å². The second kappa shape index (κ2) is 7.95. The highest BCUT2D eigenvalue weighted by Crippen LogP contribution is 2.36. The highest BCUT2D eigenvalue weighted by Gasteiger charge is 2.29. The summed E-state index contributed by atoms with van der Waals surface area (Å²) in [4.78, 5) is 12.0. The first-order valence-corrected chi connectivity index (χ1v) is 8.17. The van der Waals surface area contributed by atoms with Crippen LogP contribution < -0.4 is 5.32 Å². The van der Waals surface area contributed by atoms with Gasteiger partial charge < -0.3 is 10.4 Å². The lowest BCUT2D eigenvalue weighted by molar-refractivity contribution is -0.0328. The lowest BCUT2D eigenvalue weighted by atomic mass is 10.2. The van der Waals surface area contributed by atoms with Crippen LogP contribution in [0.3, 0.4) is 0 Å². The van der Waals surface area contributed by atoms with Gasteiger partial charge in [-0.25, -0.2) is 0 Å². The van der Waals surface area contributed by atoms with E-state index in [0.717, 1.165) is 0 Å². The maximum Gasteiger partial charge on any atom is 0.446 e. The second-order valence-corrected chi connectivity index (χ2v) is 6.51. The molecule has 0 spiro atoms. The van der Waals surface area contributed by atoms with Crippen molar-refractivity contribution in [3.8, 4) is 0 Å². The number of carbonyl (C=O) groups is 1. The zero-order chi connectivity index (χ0) is 16.0. The summed E-state index contributed by atoms with van der Waals surface area (Å²) in [6.45, 7) is 1.70.